The fourth-order valence-electron chi connectivity index (χ4n) is 0.361. The van der Waals surface area contributed by atoms with Crippen LogP contribution in [0, 0.1) is 0 Å². The summed E-state index contributed by atoms with van der Waals surface area (Å²) in [6.07, 6.45) is 0. The van der Waals surface area contributed by atoms with Gasteiger partial charge in [0.2, 0.25) is 0 Å². The van der Waals surface area contributed by atoms with E-state index >= 15 is 0 Å². The Morgan fingerprint density at radius 2 is 1.67 bits per heavy atom. The van der Waals surface area contributed by atoms with Gasteiger partial charge in [-0.05, 0) is 0 Å². The van der Waals surface area contributed by atoms with E-state index in [1.165, 1.54) is 0 Å². The highest BCUT2D eigenvalue weighted by atomic mass is 35.5. The normalized spacial score (nSPS) is 12.6. The van der Waals surface area contributed by atoms with E-state index in [2.05, 4.69) is 25.3 Å². The molecule has 0 rings (SSSR count). The second kappa shape index (κ2) is 3.69. The molecule has 0 nitrogen and oxygen atoms in total. The van der Waals surface area contributed by atoms with Gasteiger partial charge >= 0.3 is 5.54 Å². The molecule has 0 fully saturated rings. The van der Waals surface area contributed by atoms with Gasteiger partial charge in [0.05, 0.1) is 8.07 Å². The lowest BCUT2D eigenvalue weighted by Gasteiger charge is -2.07. The number of halogens is 2. The van der Waals surface area contributed by atoms with Gasteiger partial charge in [-0.2, -0.15) is 22.9 Å². The Hall–Kier alpha value is 0.602. The maximum atomic E-state index is 5.48. The van der Waals surface area contributed by atoms with Gasteiger partial charge in [-0.1, -0.05) is 25.6 Å². The van der Waals surface area contributed by atoms with Crippen molar-refractivity contribution in [1.82, 2.24) is 0 Å². The Kier molecular flexibility index (Phi) is 3.94. The number of rotatable bonds is 2. The zero-order valence-electron chi connectivity index (χ0n) is 5.99. The molecule has 0 spiro atoms. The number of hydrogen-bond donors (Lipinski definition) is 0. The average Bonchev–Trinajstić information content (AvgIpc) is 1.59. The van der Waals surface area contributed by atoms with Crippen LogP contribution in [0.15, 0.2) is 11.7 Å². The minimum absolute atomic E-state index is 0.336. The summed E-state index contributed by atoms with van der Waals surface area (Å²) in [6, 6.07) is 0. The minimum atomic E-state index is -1.07. The second-order valence-corrected chi connectivity index (χ2v) is 9.29. The molecule has 0 aliphatic rings. The molecule has 0 saturated heterocycles. The molecular formula is C5H11BCl2Si. The van der Waals surface area contributed by atoms with E-state index in [1.807, 2.05) is 5.98 Å². The Morgan fingerprint density at radius 1 is 1.22 bits per heavy atom. The van der Waals surface area contributed by atoms with Crippen molar-refractivity contribution in [3.05, 3.63) is 11.7 Å². The van der Waals surface area contributed by atoms with Crippen LogP contribution in [0.3, 0.4) is 0 Å². The first kappa shape index (κ1) is 9.60. The van der Waals surface area contributed by atoms with E-state index in [-0.39, 0.29) is 5.54 Å². The van der Waals surface area contributed by atoms with Crippen LogP contribution in [-0.2, 0) is 0 Å². The van der Waals surface area contributed by atoms with Crippen LogP contribution in [-0.4, -0.2) is 13.6 Å². The summed E-state index contributed by atoms with van der Waals surface area (Å²) in [7, 11) is -1.07. The summed E-state index contributed by atoms with van der Waals surface area (Å²) in [5, 5.41) is 0. The molecule has 0 amide bonds. The summed E-state index contributed by atoms with van der Waals surface area (Å²) in [5.41, 5.74) is 1.80. The zero-order valence-corrected chi connectivity index (χ0v) is 8.50. The second-order valence-electron chi connectivity index (χ2n) is 3.06. The molecule has 0 aliphatic carbocycles. The zero-order chi connectivity index (χ0) is 7.49. The first-order chi connectivity index (χ1) is 3.92. The Bertz CT molecular complexity index is 106. The molecule has 0 heterocycles. The summed E-state index contributed by atoms with van der Waals surface area (Å²) < 4.78 is 0. The highest BCUT2D eigenvalue weighted by Gasteiger charge is 2.08. The molecule has 0 aromatic rings. The van der Waals surface area contributed by atoms with E-state index in [1.54, 1.807) is 0 Å². The van der Waals surface area contributed by atoms with Crippen molar-refractivity contribution in [2.24, 2.45) is 0 Å². The van der Waals surface area contributed by atoms with Crippen LogP contribution < -0.4 is 0 Å². The fraction of sp³-hybridized carbons (Fsp3) is 0.600. The third-order valence-corrected chi connectivity index (χ3v) is 2.23. The van der Waals surface area contributed by atoms with Crippen molar-refractivity contribution >= 4 is 36.5 Å². The molecule has 0 N–H and O–H groups in total. The Morgan fingerprint density at radius 3 is 1.78 bits per heavy atom. The summed E-state index contributed by atoms with van der Waals surface area (Å²) >= 11 is 11.0. The Balaban J connectivity index is 3.71. The minimum Gasteiger partial charge on any atom is -0.165 e. The lowest BCUT2D eigenvalue weighted by molar-refractivity contribution is 1.78. The molecule has 0 bridgehead atoms. The van der Waals surface area contributed by atoms with Crippen molar-refractivity contribution in [3.63, 3.8) is 0 Å². The first-order valence-corrected chi connectivity index (χ1v) is 7.34. The Labute approximate surface area is 68.2 Å². The van der Waals surface area contributed by atoms with E-state index in [4.69, 9.17) is 22.9 Å². The molecular weight excluding hydrogens is 170 g/mol. The van der Waals surface area contributed by atoms with Gasteiger partial charge in [0, 0.05) is 0 Å². The third kappa shape index (κ3) is 8.60. The molecule has 4 heteroatoms. The molecule has 0 aromatic carbocycles. The van der Waals surface area contributed by atoms with Crippen LogP contribution in [0.5, 0.6) is 0 Å². The summed E-state index contributed by atoms with van der Waals surface area (Å²) in [6.45, 7) is 6.71. The van der Waals surface area contributed by atoms with E-state index in [9.17, 15) is 0 Å². The maximum Gasteiger partial charge on any atom is 0.375 e. The van der Waals surface area contributed by atoms with Crippen molar-refractivity contribution in [2.45, 2.75) is 19.6 Å². The average molecular weight is 181 g/mol. The smallest absolute Gasteiger partial charge is 0.165 e. The van der Waals surface area contributed by atoms with Crippen LogP contribution in [0.25, 0.3) is 0 Å². The van der Waals surface area contributed by atoms with E-state index < -0.39 is 8.07 Å². The van der Waals surface area contributed by atoms with Crippen LogP contribution in [0.1, 0.15) is 0 Å². The SMILES string of the molecule is C[Si](C)(C)C=CB(Cl)Cl. The van der Waals surface area contributed by atoms with Crippen molar-refractivity contribution in [3.8, 4) is 0 Å². The standard InChI is InChI=1S/C5H11BCl2Si/c1-9(2,3)5-4-6(7)8/h4-5H,1-3H3. The van der Waals surface area contributed by atoms with Gasteiger partial charge in [-0.15, -0.1) is 5.70 Å². The predicted molar refractivity (Wildman–Crippen MR) is 49.9 cm³/mol. The van der Waals surface area contributed by atoms with Crippen molar-refractivity contribution < 1.29 is 0 Å². The van der Waals surface area contributed by atoms with Crippen molar-refractivity contribution in [2.75, 3.05) is 0 Å². The highest BCUT2D eigenvalue weighted by molar-refractivity contribution is 7.36. The first-order valence-electron chi connectivity index (χ1n) is 2.89. The van der Waals surface area contributed by atoms with Gasteiger partial charge in [0.25, 0.3) is 0 Å². The largest absolute Gasteiger partial charge is 0.375 e. The van der Waals surface area contributed by atoms with Gasteiger partial charge in [0.15, 0.2) is 0 Å². The van der Waals surface area contributed by atoms with Gasteiger partial charge in [-0.25, -0.2) is 0 Å². The quantitative estimate of drug-likeness (QED) is 0.574. The molecule has 9 heavy (non-hydrogen) atoms. The molecule has 0 atom stereocenters. The van der Waals surface area contributed by atoms with Crippen LogP contribution in [0.2, 0.25) is 19.6 Å². The highest BCUT2D eigenvalue weighted by Crippen LogP contribution is 2.05. The lowest BCUT2D eigenvalue weighted by atomic mass is 10.1. The fourth-order valence-corrected chi connectivity index (χ4v) is 1.52. The molecule has 0 aliphatic heterocycles. The summed E-state index contributed by atoms with van der Waals surface area (Å²) in [5.74, 6) is 1.84. The lowest BCUT2D eigenvalue weighted by Crippen LogP contribution is -2.16. The summed E-state index contributed by atoms with van der Waals surface area (Å²) in [4.78, 5) is 0. The third-order valence-electron chi connectivity index (χ3n) is 0.742. The van der Waals surface area contributed by atoms with Gasteiger partial charge < -0.3 is 0 Å². The molecule has 0 radical (unpaired) electrons. The topological polar surface area (TPSA) is 0 Å². The molecule has 0 aromatic heterocycles. The predicted octanol–water partition coefficient (Wildman–Crippen LogP) is 2.93. The van der Waals surface area contributed by atoms with Gasteiger partial charge in [-0.3, -0.25) is 0 Å². The number of hydrogen-bond acceptors (Lipinski definition) is 0. The van der Waals surface area contributed by atoms with E-state index in [0.29, 0.717) is 0 Å². The van der Waals surface area contributed by atoms with E-state index in [0.717, 1.165) is 0 Å². The maximum absolute atomic E-state index is 5.48. The molecule has 0 unspecified atom stereocenters. The monoisotopic (exact) mass is 180 g/mol. The van der Waals surface area contributed by atoms with Gasteiger partial charge in [0.1, 0.15) is 0 Å². The van der Waals surface area contributed by atoms with Crippen LogP contribution >= 0.6 is 22.9 Å². The molecule has 52 valence electrons. The van der Waals surface area contributed by atoms with Crippen molar-refractivity contribution in [1.29, 1.82) is 0 Å². The molecule has 0 saturated carbocycles. The van der Waals surface area contributed by atoms with Crippen LogP contribution in [0.4, 0.5) is 0 Å².